The zero-order chi connectivity index (χ0) is 42.6. The number of halogens is 5. The third-order valence-corrected chi connectivity index (χ3v) is 9.06. The van der Waals surface area contributed by atoms with Crippen molar-refractivity contribution in [3.05, 3.63) is 88.7 Å². The third kappa shape index (κ3) is 8.86. The standard InChI is InChI=1S/C38H35F5N2O13/c1-16(47)44-32-35(56-19(4)50)33(55-18(3)49)26(15-53-17(2)48)57-36(32)45(25(13-46)37(51)58-34-30(42)28(40)27(39)29(41)31(34)43)38(52)54-14-24-22-11-7-5-9-20(22)21-10-6-8-12-23(21)24/h5-12,24-26,32-33,35-36,46H,13-15H2,1-4H3,(H,44,47). The van der Waals surface area contributed by atoms with Crippen molar-refractivity contribution in [3.8, 4) is 16.9 Å². The molecule has 2 aliphatic rings. The highest BCUT2D eigenvalue weighted by Crippen LogP contribution is 2.45. The molecule has 6 atom stereocenters. The topological polar surface area (TPSA) is 193 Å². The van der Waals surface area contributed by atoms with Crippen molar-refractivity contribution in [1.29, 1.82) is 0 Å². The zero-order valence-corrected chi connectivity index (χ0v) is 31.0. The predicted octanol–water partition coefficient (Wildman–Crippen LogP) is 3.56. The molecule has 0 bridgehead atoms. The van der Waals surface area contributed by atoms with Crippen LogP contribution in [0.4, 0.5) is 26.7 Å². The number of amides is 2. The highest BCUT2D eigenvalue weighted by atomic mass is 19.2. The molecule has 58 heavy (non-hydrogen) atoms. The lowest BCUT2D eigenvalue weighted by Gasteiger charge is -2.49. The number of benzene rings is 3. The van der Waals surface area contributed by atoms with Crippen LogP contribution in [-0.4, -0.2) is 102 Å². The van der Waals surface area contributed by atoms with Crippen LogP contribution in [-0.2, 0) is 47.7 Å². The summed E-state index contributed by atoms with van der Waals surface area (Å²) in [4.78, 5) is 77.8. The van der Waals surface area contributed by atoms with Gasteiger partial charge >= 0.3 is 30.0 Å². The number of aliphatic hydroxyl groups excluding tert-OH is 1. The van der Waals surface area contributed by atoms with Crippen molar-refractivity contribution in [2.75, 3.05) is 19.8 Å². The maximum Gasteiger partial charge on any atom is 0.412 e. The lowest BCUT2D eigenvalue weighted by Crippen LogP contribution is -2.72. The SMILES string of the molecule is CC(=O)NC1C(OC(C)=O)C(OC(C)=O)C(COC(C)=O)OC1N(C(=O)OCC1c2ccccc2-c2ccccc21)C(CO)C(=O)Oc1c(F)c(F)c(F)c(F)c1F. The van der Waals surface area contributed by atoms with E-state index in [1.807, 2.05) is 12.1 Å². The fraction of sp³-hybridized carbons (Fsp3) is 0.368. The Morgan fingerprint density at radius 1 is 0.724 bits per heavy atom. The summed E-state index contributed by atoms with van der Waals surface area (Å²) in [5, 5.41) is 13.0. The number of carbonyl (C=O) groups excluding carboxylic acids is 6. The predicted molar refractivity (Wildman–Crippen MR) is 184 cm³/mol. The average molecular weight is 823 g/mol. The van der Waals surface area contributed by atoms with Crippen molar-refractivity contribution in [2.24, 2.45) is 0 Å². The van der Waals surface area contributed by atoms with Gasteiger partial charge in [0.2, 0.25) is 40.7 Å². The number of ether oxygens (including phenoxy) is 6. The molecular formula is C38H35F5N2O13. The van der Waals surface area contributed by atoms with E-state index < -0.39 is 133 Å². The van der Waals surface area contributed by atoms with Crippen molar-refractivity contribution < 1.29 is 84.2 Å². The number of esters is 4. The number of aliphatic hydroxyl groups is 1. The van der Waals surface area contributed by atoms with Crippen LogP contribution in [0.5, 0.6) is 5.75 Å². The average Bonchev–Trinajstić information content (AvgIpc) is 3.49. The quantitative estimate of drug-likeness (QED) is 0.0674. The summed E-state index contributed by atoms with van der Waals surface area (Å²) in [6.07, 6.45) is -9.04. The zero-order valence-electron chi connectivity index (χ0n) is 31.0. The van der Waals surface area contributed by atoms with Crippen LogP contribution in [0, 0.1) is 29.1 Å². The summed E-state index contributed by atoms with van der Waals surface area (Å²) in [5.41, 5.74) is 3.01. The summed E-state index contributed by atoms with van der Waals surface area (Å²) in [6.45, 7) is 0.996. The molecule has 6 unspecified atom stereocenters. The van der Waals surface area contributed by atoms with Crippen LogP contribution < -0.4 is 10.1 Å². The van der Waals surface area contributed by atoms with Gasteiger partial charge in [-0.25, -0.2) is 22.8 Å². The van der Waals surface area contributed by atoms with Gasteiger partial charge in [-0.05, 0) is 22.3 Å². The first-order chi connectivity index (χ1) is 27.5. The second-order valence-corrected chi connectivity index (χ2v) is 13.0. The fourth-order valence-corrected chi connectivity index (χ4v) is 6.74. The maximum absolute atomic E-state index is 14.7. The highest BCUT2D eigenvalue weighted by Gasteiger charge is 2.56. The Morgan fingerprint density at radius 2 is 1.24 bits per heavy atom. The molecule has 2 N–H and O–H groups in total. The monoisotopic (exact) mass is 822 g/mol. The Hall–Kier alpha value is -6.15. The Balaban J connectivity index is 1.64. The summed E-state index contributed by atoms with van der Waals surface area (Å²) < 4.78 is 104. The molecule has 310 valence electrons. The van der Waals surface area contributed by atoms with Gasteiger partial charge in [0.05, 0.1) is 6.61 Å². The highest BCUT2D eigenvalue weighted by molar-refractivity contribution is 5.84. The minimum atomic E-state index is -2.58. The number of hydrogen-bond donors (Lipinski definition) is 2. The lowest BCUT2D eigenvalue weighted by molar-refractivity contribution is -0.247. The van der Waals surface area contributed by atoms with Gasteiger partial charge in [0.15, 0.2) is 24.5 Å². The van der Waals surface area contributed by atoms with Crippen molar-refractivity contribution >= 4 is 35.9 Å². The van der Waals surface area contributed by atoms with Crippen molar-refractivity contribution in [2.45, 2.75) is 70.2 Å². The first kappa shape index (κ1) is 43.0. The van der Waals surface area contributed by atoms with Crippen LogP contribution in [0.2, 0.25) is 0 Å². The van der Waals surface area contributed by atoms with Gasteiger partial charge in [-0.3, -0.25) is 24.1 Å². The van der Waals surface area contributed by atoms with Crippen LogP contribution in [0.1, 0.15) is 44.7 Å². The molecule has 0 radical (unpaired) electrons. The number of rotatable bonds is 12. The molecule has 3 aromatic carbocycles. The first-order valence-corrected chi connectivity index (χ1v) is 17.3. The molecular weight excluding hydrogens is 787 g/mol. The minimum absolute atomic E-state index is 0.267. The summed E-state index contributed by atoms with van der Waals surface area (Å²) in [7, 11) is 0. The molecule has 1 saturated heterocycles. The first-order valence-electron chi connectivity index (χ1n) is 17.3. The molecule has 15 nitrogen and oxygen atoms in total. The molecule has 1 heterocycles. The molecule has 2 amide bonds. The molecule has 5 rings (SSSR count). The molecule has 3 aromatic rings. The second kappa shape index (κ2) is 18.0. The molecule has 1 fully saturated rings. The Morgan fingerprint density at radius 3 is 1.74 bits per heavy atom. The van der Waals surface area contributed by atoms with E-state index in [0.717, 1.165) is 38.8 Å². The van der Waals surface area contributed by atoms with Crippen LogP contribution in [0.15, 0.2) is 48.5 Å². The molecule has 0 aromatic heterocycles. The Bertz CT molecular complexity index is 2050. The number of fused-ring (bicyclic) bond motifs is 3. The van der Waals surface area contributed by atoms with E-state index in [-0.39, 0.29) is 4.90 Å². The van der Waals surface area contributed by atoms with Gasteiger partial charge in [0.1, 0.15) is 25.4 Å². The molecule has 0 saturated carbocycles. The van der Waals surface area contributed by atoms with E-state index in [1.165, 1.54) is 0 Å². The van der Waals surface area contributed by atoms with E-state index in [1.54, 1.807) is 36.4 Å². The van der Waals surface area contributed by atoms with Gasteiger partial charge in [0.25, 0.3) is 0 Å². The van der Waals surface area contributed by atoms with Gasteiger partial charge in [-0.1, -0.05) is 48.5 Å². The number of carbonyl (C=O) groups is 6. The minimum Gasteiger partial charge on any atom is -0.463 e. The van der Waals surface area contributed by atoms with E-state index in [2.05, 4.69) is 10.1 Å². The largest absolute Gasteiger partial charge is 0.463 e. The lowest BCUT2D eigenvalue weighted by atomic mass is 9.94. The number of nitrogens with zero attached hydrogens (tertiary/aromatic N) is 1. The Labute approximate surface area is 325 Å². The molecule has 20 heteroatoms. The van der Waals surface area contributed by atoms with Crippen molar-refractivity contribution in [3.63, 3.8) is 0 Å². The van der Waals surface area contributed by atoms with E-state index in [9.17, 15) is 55.8 Å². The summed E-state index contributed by atoms with van der Waals surface area (Å²) in [5.74, 6) is -21.4. The smallest absolute Gasteiger partial charge is 0.412 e. The van der Waals surface area contributed by atoms with Crippen molar-refractivity contribution in [1.82, 2.24) is 10.2 Å². The van der Waals surface area contributed by atoms with Gasteiger partial charge in [-0.2, -0.15) is 8.78 Å². The second-order valence-electron chi connectivity index (χ2n) is 13.0. The third-order valence-electron chi connectivity index (χ3n) is 9.06. The molecule has 1 aliphatic carbocycles. The Kier molecular flexibility index (Phi) is 13.3. The number of hydrogen-bond acceptors (Lipinski definition) is 13. The van der Waals surface area contributed by atoms with E-state index in [0.29, 0.717) is 11.1 Å². The van der Waals surface area contributed by atoms with Crippen LogP contribution in [0.3, 0.4) is 0 Å². The van der Waals surface area contributed by atoms with Crippen LogP contribution >= 0.6 is 0 Å². The summed E-state index contributed by atoms with van der Waals surface area (Å²) >= 11 is 0. The van der Waals surface area contributed by atoms with E-state index in [4.69, 9.17) is 23.7 Å². The maximum atomic E-state index is 14.7. The van der Waals surface area contributed by atoms with Gasteiger partial charge in [0, 0.05) is 33.6 Å². The van der Waals surface area contributed by atoms with Gasteiger partial charge < -0.3 is 38.8 Å². The van der Waals surface area contributed by atoms with E-state index >= 15 is 0 Å². The van der Waals surface area contributed by atoms with Crippen LogP contribution in [0.25, 0.3) is 11.1 Å². The normalized spacial score (nSPS) is 20.1. The molecule has 0 spiro atoms. The number of nitrogens with one attached hydrogen (secondary N) is 1. The summed E-state index contributed by atoms with van der Waals surface area (Å²) in [6, 6.07) is 9.79. The fourth-order valence-electron chi connectivity index (χ4n) is 6.74. The molecule has 1 aliphatic heterocycles. The van der Waals surface area contributed by atoms with Gasteiger partial charge in [-0.15, -0.1) is 0 Å².